The Morgan fingerprint density at radius 2 is 1.58 bits per heavy atom. The molecule has 0 heterocycles. The van der Waals surface area contributed by atoms with E-state index < -0.39 is 0 Å². The Balaban J connectivity index is 3.61. The fourth-order valence-corrected chi connectivity index (χ4v) is 1.01. The average Bonchev–Trinajstić information content (AvgIpc) is 2.01. The van der Waals surface area contributed by atoms with Crippen LogP contribution in [0.5, 0.6) is 0 Å². The maximum Gasteiger partial charge on any atom is 0.241 e. The van der Waals surface area contributed by atoms with Crippen LogP contribution in [-0.4, -0.2) is 17.4 Å². The fourth-order valence-electron chi connectivity index (χ4n) is 0.762. The maximum absolute atomic E-state index is 5.00. The number of hydrogen-bond acceptors (Lipinski definition) is 4. The molecule has 0 aromatic heterocycles. The molecule has 0 spiro atoms. The van der Waals surface area contributed by atoms with E-state index in [4.69, 9.17) is 9.47 Å². The van der Waals surface area contributed by atoms with Crippen molar-refractivity contribution in [1.82, 2.24) is 0 Å². The van der Waals surface area contributed by atoms with Crippen LogP contribution in [0.1, 0.15) is 26.7 Å². The molecule has 12 heavy (non-hydrogen) atoms. The molecule has 0 rings (SSSR count). The van der Waals surface area contributed by atoms with E-state index in [1.807, 2.05) is 0 Å². The largest absolute Gasteiger partial charge is 0.451 e. The summed E-state index contributed by atoms with van der Waals surface area (Å²) >= 11 is 9.09. The summed E-state index contributed by atoms with van der Waals surface area (Å²) in [6.07, 6.45) is 1.55. The van der Waals surface area contributed by atoms with Crippen LogP contribution in [0.4, 0.5) is 0 Å². The van der Waals surface area contributed by atoms with Gasteiger partial charge in [-0.25, -0.2) is 0 Å². The molecule has 0 N–H and O–H groups in total. The minimum absolute atomic E-state index is 0.303. The molecule has 4 heteroatoms. The van der Waals surface area contributed by atoms with Gasteiger partial charge in [0.15, 0.2) is 11.1 Å². The first-order valence-electron chi connectivity index (χ1n) is 3.89. The van der Waals surface area contributed by atoms with Gasteiger partial charge in [-0.15, -0.1) is 0 Å². The van der Waals surface area contributed by atoms with E-state index in [2.05, 4.69) is 38.3 Å². The minimum atomic E-state index is -0.303. The first kappa shape index (κ1) is 11.8. The first-order valence-corrected chi connectivity index (χ1v) is 4.83. The van der Waals surface area contributed by atoms with E-state index in [-0.39, 0.29) is 6.29 Å². The molecule has 0 aliphatic carbocycles. The van der Waals surface area contributed by atoms with E-state index >= 15 is 0 Å². The first-order chi connectivity index (χ1) is 5.70. The van der Waals surface area contributed by atoms with Crippen molar-refractivity contribution < 1.29 is 9.47 Å². The van der Waals surface area contributed by atoms with Gasteiger partial charge >= 0.3 is 0 Å². The van der Waals surface area contributed by atoms with Crippen LogP contribution >= 0.6 is 24.4 Å². The summed E-state index contributed by atoms with van der Waals surface area (Å²) in [5.74, 6) is 0.634. The molecule has 0 radical (unpaired) electrons. The molecule has 0 saturated heterocycles. The summed E-state index contributed by atoms with van der Waals surface area (Å²) in [6.45, 7) is 4.29. The summed E-state index contributed by atoms with van der Waals surface area (Å²) < 4.78 is 10.0. The van der Waals surface area contributed by atoms with Gasteiger partial charge in [0.2, 0.25) is 6.29 Å². The summed E-state index contributed by atoms with van der Waals surface area (Å²) in [4.78, 5) is 0. The Hall–Kier alpha value is -0.220. The van der Waals surface area contributed by atoms with E-state index in [0.29, 0.717) is 5.92 Å². The van der Waals surface area contributed by atoms with E-state index in [1.54, 1.807) is 0 Å². The predicted molar refractivity (Wildman–Crippen MR) is 57.3 cm³/mol. The Bertz CT molecular complexity index is 127. The van der Waals surface area contributed by atoms with Gasteiger partial charge in [-0.2, -0.15) is 0 Å². The van der Waals surface area contributed by atoms with E-state index in [0.717, 1.165) is 12.8 Å². The van der Waals surface area contributed by atoms with Gasteiger partial charge < -0.3 is 9.47 Å². The average molecular weight is 206 g/mol. The Labute approximate surface area is 84.2 Å². The zero-order valence-electron chi connectivity index (χ0n) is 7.36. The van der Waals surface area contributed by atoms with Crippen molar-refractivity contribution in [2.24, 2.45) is 5.92 Å². The van der Waals surface area contributed by atoms with E-state index in [9.17, 15) is 0 Å². The summed E-state index contributed by atoms with van der Waals surface area (Å²) in [5, 5.41) is 0. The molecule has 0 unspecified atom stereocenters. The van der Waals surface area contributed by atoms with Gasteiger partial charge in [0.1, 0.15) is 0 Å². The summed E-state index contributed by atoms with van der Waals surface area (Å²) in [6, 6.07) is 0. The topological polar surface area (TPSA) is 18.5 Å². The van der Waals surface area contributed by atoms with Crippen LogP contribution in [0.2, 0.25) is 0 Å². The molecule has 0 aromatic carbocycles. The molecule has 2 nitrogen and oxygen atoms in total. The van der Waals surface area contributed by atoms with Crippen molar-refractivity contribution in [2.45, 2.75) is 33.0 Å². The molecule has 0 aliphatic rings. The fraction of sp³-hybridized carbons (Fsp3) is 0.750. The normalized spacial score (nSPS) is 10.0. The number of ether oxygens (including phenoxy) is 2. The summed E-state index contributed by atoms with van der Waals surface area (Å²) in [5.41, 5.74) is 2.42. The van der Waals surface area contributed by atoms with Gasteiger partial charge in [0, 0.05) is 6.42 Å². The van der Waals surface area contributed by atoms with E-state index in [1.165, 1.54) is 11.1 Å². The van der Waals surface area contributed by atoms with Crippen molar-refractivity contribution in [1.29, 1.82) is 0 Å². The second-order valence-corrected chi connectivity index (χ2v) is 3.25. The monoisotopic (exact) mass is 206 g/mol. The lowest BCUT2D eigenvalue weighted by Gasteiger charge is -2.15. The molecule has 70 valence electrons. The minimum Gasteiger partial charge on any atom is -0.451 e. The lowest BCUT2D eigenvalue weighted by Crippen LogP contribution is -2.15. The molecular formula is C8H14O2S2. The highest BCUT2D eigenvalue weighted by atomic mass is 32.1. The molecule has 0 amide bonds. The van der Waals surface area contributed by atoms with Crippen LogP contribution in [0.3, 0.4) is 0 Å². The quantitative estimate of drug-likeness (QED) is 0.471. The van der Waals surface area contributed by atoms with Crippen LogP contribution in [-0.2, 0) is 9.47 Å². The zero-order valence-corrected chi connectivity index (χ0v) is 8.99. The zero-order chi connectivity index (χ0) is 9.40. The second-order valence-electron chi connectivity index (χ2n) is 2.87. The Morgan fingerprint density at radius 3 is 1.92 bits per heavy atom. The third-order valence-electron chi connectivity index (χ3n) is 1.39. The van der Waals surface area contributed by atoms with Crippen molar-refractivity contribution in [3.8, 4) is 0 Å². The lowest BCUT2D eigenvalue weighted by molar-refractivity contribution is -0.00933. The second kappa shape index (κ2) is 7.43. The maximum atomic E-state index is 5.00. The third kappa shape index (κ3) is 6.49. The highest BCUT2D eigenvalue weighted by molar-refractivity contribution is 7.78. The standard InChI is InChI=1S/C8H14O2S2/c1-7(2)3-4-8(9-5-11)10-6-12/h5-8H,3-4H2,1-2H3. The van der Waals surface area contributed by atoms with Crippen molar-refractivity contribution in [2.75, 3.05) is 0 Å². The molecule has 0 aromatic rings. The smallest absolute Gasteiger partial charge is 0.241 e. The number of rotatable bonds is 7. The highest BCUT2D eigenvalue weighted by Crippen LogP contribution is 2.09. The number of thiocarbonyl (C=S) groups is 2. The van der Waals surface area contributed by atoms with Gasteiger partial charge in [-0.1, -0.05) is 13.8 Å². The molecule has 0 aliphatic heterocycles. The van der Waals surface area contributed by atoms with Crippen molar-refractivity contribution in [3.63, 3.8) is 0 Å². The lowest BCUT2D eigenvalue weighted by atomic mass is 10.1. The molecule has 0 fully saturated rings. The summed E-state index contributed by atoms with van der Waals surface area (Å²) in [7, 11) is 0. The Kier molecular flexibility index (Phi) is 7.29. The van der Waals surface area contributed by atoms with Gasteiger partial charge in [0.25, 0.3) is 0 Å². The van der Waals surface area contributed by atoms with Gasteiger partial charge in [-0.05, 0) is 36.8 Å². The van der Waals surface area contributed by atoms with Gasteiger partial charge in [-0.3, -0.25) is 0 Å². The molecule has 0 bridgehead atoms. The molecule has 0 atom stereocenters. The highest BCUT2D eigenvalue weighted by Gasteiger charge is 2.08. The third-order valence-corrected chi connectivity index (χ3v) is 1.62. The van der Waals surface area contributed by atoms with Crippen LogP contribution in [0, 0.1) is 5.92 Å². The molecule has 0 saturated carbocycles. The van der Waals surface area contributed by atoms with Crippen LogP contribution in [0.15, 0.2) is 0 Å². The number of hydrogen-bond donors (Lipinski definition) is 0. The Morgan fingerprint density at radius 1 is 1.08 bits per heavy atom. The SMILES string of the molecule is CC(C)CCC(OC=S)OC=S. The van der Waals surface area contributed by atoms with Crippen molar-refractivity contribution in [3.05, 3.63) is 0 Å². The van der Waals surface area contributed by atoms with Crippen molar-refractivity contribution >= 4 is 35.5 Å². The predicted octanol–water partition coefficient (Wildman–Crippen LogP) is 2.70. The molecular weight excluding hydrogens is 192 g/mol. The van der Waals surface area contributed by atoms with Gasteiger partial charge in [0.05, 0.1) is 0 Å². The van der Waals surface area contributed by atoms with Crippen LogP contribution in [0.25, 0.3) is 0 Å². The van der Waals surface area contributed by atoms with Crippen LogP contribution < -0.4 is 0 Å².